The third kappa shape index (κ3) is 4.29. The summed E-state index contributed by atoms with van der Waals surface area (Å²) in [6, 6.07) is 28.8. The summed E-state index contributed by atoms with van der Waals surface area (Å²) in [5.41, 5.74) is 2.56. The lowest BCUT2D eigenvalue weighted by atomic mass is 10.2. The Labute approximate surface area is 192 Å². The summed E-state index contributed by atoms with van der Waals surface area (Å²) >= 11 is 4.87. The Morgan fingerprint density at radius 3 is 1.38 bits per heavy atom. The number of hydrogen-bond donors (Lipinski definition) is 0. The highest BCUT2D eigenvalue weighted by Gasteiger charge is 2.38. The molecule has 0 saturated heterocycles. The predicted molar refractivity (Wildman–Crippen MR) is 134 cm³/mol. The standard InChI is InChI=1S/C26H21O4PS/c1-29-25(27)23(18-19-32)24(26(28)30-2)31(20-12-6-3-7-13-20,21-14-8-4-9-15-21)22-16-10-5-11-17-22/h3-17H,1-2H3. The van der Waals surface area contributed by atoms with Gasteiger partial charge in [-0.3, -0.25) is 0 Å². The van der Waals surface area contributed by atoms with E-state index in [4.69, 9.17) is 21.7 Å². The molecule has 6 heteroatoms. The van der Waals surface area contributed by atoms with Crippen LogP contribution in [0.3, 0.4) is 0 Å². The van der Waals surface area contributed by atoms with Gasteiger partial charge in [-0.2, -0.15) is 0 Å². The van der Waals surface area contributed by atoms with E-state index in [0.717, 1.165) is 15.9 Å². The van der Waals surface area contributed by atoms with Crippen LogP contribution in [0.2, 0.25) is 0 Å². The first-order chi connectivity index (χ1) is 15.6. The number of benzene rings is 3. The first kappa shape index (κ1) is 23.2. The smallest absolute Gasteiger partial charge is 0.347 e. The second kappa shape index (κ2) is 10.7. The SMILES string of the molecule is COC(=O)C(=C=C=S)C(C(=O)OC)=P(c1ccccc1)(c1ccccc1)c1ccccc1. The molecule has 0 aromatic heterocycles. The fourth-order valence-electron chi connectivity index (χ4n) is 3.65. The molecule has 0 aliphatic rings. The minimum Gasteiger partial charge on any atom is -0.465 e. The van der Waals surface area contributed by atoms with Gasteiger partial charge in [0.05, 0.1) is 19.5 Å². The molecule has 0 N–H and O–H groups in total. The van der Waals surface area contributed by atoms with Crippen molar-refractivity contribution in [2.75, 3.05) is 14.2 Å². The molecule has 0 aliphatic heterocycles. The van der Waals surface area contributed by atoms with E-state index in [-0.39, 0.29) is 10.9 Å². The Bertz CT molecular complexity index is 1150. The second-order valence-corrected chi connectivity index (χ2v) is 10.2. The van der Waals surface area contributed by atoms with Gasteiger partial charge in [-0.15, -0.1) is 0 Å². The Balaban J connectivity index is 2.76. The molecule has 3 aromatic carbocycles. The van der Waals surface area contributed by atoms with Crippen LogP contribution in [0, 0.1) is 0 Å². The number of methoxy groups -OCH3 is 2. The van der Waals surface area contributed by atoms with Crippen LogP contribution in [0.4, 0.5) is 0 Å². The molecule has 0 heterocycles. The highest BCUT2D eigenvalue weighted by atomic mass is 32.1. The van der Waals surface area contributed by atoms with E-state index in [2.05, 4.69) is 10.8 Å². The van der Waals surface area contributed by atoms with Crippen molar-refractivity contribution < 1.29 is 19.1 Å². The van der Waals surface area contributed by atoms with Crippen molar-refractivity contribution in [2.24, 2.45) is 0 Å². The average molecular weight is 460 g/mol. The maximum atomic E-state index is 13.5. The summed E-state index contributed by atoms with van der Waals surface area (Å²) in [4.78, 5) is 26.3. The summed E-state index contributed by atoms with van der Waals surface area (Å²) in [5.74, 6) is -1.40. The summed E-state index contributed by atoms with van der Waals surface area (Å²) < 4.78 is 10.2. The molecular weight excluding hydrogens is 439 g/mol. The monoisotopic (exact) mass is 460 g/mol. The minimum absolute atomic E-state index is 0.0979. The molecule has 0 aliphatic carbocycles. The lowest BCUT2D eigenvalue weighted by molar-refractivity contribution is -0.137. The maximum Gasteiger partial charge on any atom is 0.347 e. The van der Waals surface area contributed by atoms with Crippen molar-refractivity contribution in [1.82, 2.24) is 0 Å². The number of esters is 2. The molecule has 160 valence electrons. The zero-order chi connectivity index (χ0) is 23.0. The molecule has 0 saturated carbocycles. The molecule has 0 amide bonds. The fraction of sp³-hybridized carbons (Fsp3) is 0.0769. The molecule has 4 nitrogen and oxygen atoms in total. The molecular formula is C26H21O4PS. The van der Waals surface area contributed by atoms with Crippen molar-refractivity contribution in [3.05, 3.63) is 102 Å². The first-order valence-corrected chi connectivity index (χ1v) is 11.9. The average Bonchev–Trinajstić information content (AvgIpc) is 2.87. The van der Waals surface area contributed by atoms with E-state index in [0.29, 0.717) is 0 Å². The number of carbonyl (C=O) groups is 2. The van der Waals surface area contributed by atoms with Crippen LogP contribution in [-0.2, 0) is 19.1 Å². The van der Waals surface area contributed by atoms with Gasteiger partial charge in [0.25, 0.3) is 0 Å². The molecule has 32 heavy (non-hydrogen) atoms. The van der Waals surface area contributed by atoms with Crippen LogP contribution < -0.4 is 15.9 Å². The van der Waals surface area contributed by atoms with Gasteiger partial charge in [0.15, 0.2) is 0 Å². The first-order valence-electron chi connectivity index (χ1n) is 9.71. The lowest BCUT2D eigenvalue weighted by Gasteiger charge is -2.31. The number of thiocarbonyl (C=S) groups is 1. The van der Waals surface area contributed by atoms with Gasteiger partial charge in [-0.1, -0.05) is 91.0 Å². The zero-order valence-electron chi connectivity index (χ0n) is 17.6. The van der Waals surface area contributed by atoms with Crippen molar-refractivity contribution in [1.29, 1.82) is 0 Å². The van der Waals surface area contributed by atoms with Crippen LogP contribution in [0.15, 0.2) is 102 Å². The molecule has 3 aromatic rings. The van der Waals surface area contributed by atoms with Crippen molar-refractivity contribution >= 4 is 57.3 Å². The molecule has 0 spiro atoms. The van der Waals surface area contributed by atoms with Crippen molar-refractivity contribution in [3.63, 3.8) is 0 Å². The molecule has 0 unspecified atom stereocenters. The van der Waals surface area contributed by atoms with Crippen molar-refractivity contribution in [3.8, 4) is 0 Å². The van der Waals surface area contributed by atoms with Gasteiger partial charge in [0.1, 0.15) is 5.57 Å². The highest BCUT2D eigenvalue weighted by Crippen LogP contribution is 2.47. The van der Waals surface area contributed by atoms with Crippen LogP contribution >= 0.6 is 19.1 Å². The topological polar surface area (TPSA) is 52.6 Å². The van der Waals surface area contributed by atoms with Crippen LogP contribution in [-0.4, -0.2) is 36.5 Å². The molecule has 0 bridgehead atoms. The number of rotatable bonds is 6. The van der Waals surface area contributed by atoms with E-state index in [9.17, 15) is 9.59 Å². The van der Waals surface area contributed by atoms with Crippen LogP contribution in [0.5, 0.6) is 0 Å². The van der Waals surface area contributed by atoms with E-state index in [1.165, 1.54) is 14.2 Å². The lowest BCUT2D eigenvalue weighted by Crippen LogP contribution is -2.36. The Kier molecular flexibility index (Phi) is 7.78. The van der Waals surface area contributed by atoms with Gasteiger partial charge in [0, 0.05) is 5.02 Å². The van der Waals surface area contributed by atoms with Gasteiger partial charge in [-0.25, -0.2) is 9.59 Å². The Morgan fingerprint density at radius 2 is 1.06 bits per heavy atom. The molecule has 3 rings (SSSR count). The Hall–Kier alpha value is -3.45. The van der Waals surface area contributed by atoms with E-state index >= 15 is 0 Å². The highest BCUT2D eigenvalue weighted by molar-refractivity contribution is 7.97. The normalized spacial score (nSPS) is 10.3. The summed E-state index contributed by atoms with van der Waals surface area (Å²) in [7, 11) is 2.53. The summed E-state index contributed by atoms with van der Waals surface area (Å²) in [6.07, 6.45) is 0. The predicted octanol–water partition coefficient (Wildman–Crippen LogP) is 3.18. The maximum absolute atomic E-state index is 13.5. The third-order valence-corrected chi connectivity index (χ3v) is 9.34. The van der Waals surface area contributed by atoms with E-state index < -0.39 is 18.8 Å². The van der Waals surface area contributed by atoms with Crippen LogP contribution in [0.1, 0.15) is 0 Å². The number of ether oxygens (including phenoxy) is 2. The fourth-order valence-corrected chi connectivity index (χ4v) is 8.13. The zero-order valence-corrected chi connectivity index (χ0v) is 19.4. The van der Waals surface area contributed by atoms with E-state index in [1.54, 1.807) is 0 Å². The van der Waals surface area contributed by atoms with E-state index in [1.807, 2.05) is 91.0 Å². The summed E-state index contributed by atoms with van der Waals surface area (Å²) in [5, 5.41) is 5.10. The largest absolute Gasteiger partial charge is 0.465 e. The number of hydrogen-bond acceptors (Lipinski definition) is 5. The van der Waals surface area contributed by atoms with Gasteiger partial charge >= 0.3 is 11.9 Å². The number of carbonyl (C=O) groups excluding carboxylic acids is 2. The minimum atomic E-state index is -2.93. The van der Waals surface area contributed by atoms with Gasteiger partial charge in [0.2, 0.25) is 0 Å². The second-order valence-electron chi connectivity index (χ2n) is 6.61. The van der Waals surface area contributed by atoms with Gasteiger partial charge in [-0.05, 0) is 40.7 Å². The summed E-state index contributed by atoms with van der Waals surface area (Å²) in [6.45, 7) is -2.93. The Morgan fingerprint density at radius 1 is 0.688 bits per heavy atom. The molecule has 0 atom stereocenters. The molecule has 0 fully saturated rings. The van der Waals surface area contributed by atoms with Crippen molar-refractivity contribution in [2.45, 2.75) is 0 Å². The molecule has 0 radical (unpaired) electrons. The quantitative estimate of drug-likeness (QED) is 0.186. The van der Waals surface area contributed by atoms with Crippen LogP contribution in [0.25, 0.3) is 0 Å². The third-order valence-electron chi connectivity index (χ3n) is 4.95. The van der Waals surface area contributed by atoms with Gasteiger partial charge < -0.3 is 9.47 Å².